The van der Waals surface area contributed by atoms with Crippen molar-refractivity contribution in [1.29, 1.82) is 0 Å². The first-order valence-electron chi connectivity index (χ1n) is 6.20. The van der Waals surface area contributed by atoms with Crippen LogP contribution >= 0.6 is 0 Å². The number of benzene rings is 1. The van der Waals surface area contributed by atoms with E-state index < -0.39 is 0 Å². The first kappa shape index (κ1) is 14.6. The molecule has 0 saturated heterocycles. The van der Waals surface area contributed by atoms with Gasteiger partial charge in [0.25, 0.3) is 0 Å². The number of carbonyl (C=O) groups is 1. The van der Waals surface area contributed by atoms with Crippen molar-refractivity contribution in [1.82, 2.24) is 5.32 Å². The maximum atomic E-state index is 12.7. The third kappa shape index (κ3) is 6.35. The molecule has 1 aromatic carbocycles. The molecule has 0 fully saturated rings. The van der Waals surface area contributed by atoms with E-state index in [4.69, 9.17) is 4.74 Å². The standard InChI is InChI=1S/C14H20FNO2/c1-11(2)18-10-9-16-14(17)8-5-12-3-6-13(15)7-4-12/h3-4,6-7,11H,5,8-10H2,1-2H3,(H,16,17). The quantitative estimate of drug-likeness (QED) is 0.757. The summed E-state index contributed by atoms with van der Waals surface area (Å²) < 4.78 is 18.0. The normalized spacial score (nSPS) is 10.7. The van der Waals surface area contributed by atoms with Crippen molar-refractivity contribution in [2.75, 3.05) is 13.2 Å². The van der Waals surface area contributed by atoms with E-state index in [1.807, 2.05) is 13.8 Å². The molecule has 1 amide bonds. The lowest BCUT2D eigenvalue weighted by atomic mass is 10.1. The molecule has 0 aliphatic heterocycles. The predicted octanol–water partition coefficient (Wildman–Crippen LogP) is 2.30. The number of amides is 1. The van der Waals surface area contributed by atoms with Crippen molar-refractivity contribution >= 4 is 5.91 Å². The van der Waals surface area contributed by atoms with E-state index in [-0.39, 0.29) is 17.8 Å². The van der Waals surface area contributed by atoms with E-state index in [0.29, 0.717) is 26.0 Å². The lowest BCUT2D eigenvalue weighted by Gasteiger charge is -2.08. The Labute approximate surface area is 107 Å². The molecule has 0 heterocycles. The molecule has 18 heavy (non-hydrogen) atoms. The average Bonchev–Trinajstić information content (AvgIpc) is 2.34. The first-order chi connectivity index (χ1) is 8.58. The highest BCUT2D eigenvalue weighted by molar-refractivity contribution is 5.76. The molecule has 0 bridgehead atoms. The maximum Gasteiger partial charge on any atom is 0.220 e. The first-order valence-corrected chi connectivity index (χ1v) is 6.20. The molecule has 0 radical (unpaired) electrons. The van der Waals surface area contributed by atoms with Crippen LogP contribution in [0.3, 0.4) is 0 Å². The Hall–Kier alpha value is -1.42. The second-order valence-corrected chi connectivity index (χ2v) is 4.40. The number of hydrogen-bond donors (Lipinski definition) is 1. The van der Waals surface area contributed by atoms with Gasteiger partial charge < -0.3 is 10.1 Å². The van der Waals surface area contributed by atoms with Gasteiger partial charge in [-0.3, -0.25) is 4.79 Å². The van der Waals surface area contributed by atoms with Crippen LogP contribution in [0, 0.1) is 5.82 Å². The second kappa shape index (κ2) is 7.82. The summed E-state index contributed by atoms with van der Waals surface area (Å²) in [5.41, 5.74) is 0.963. The van der Waals surface area contributed by atoms with E-state index >= 15 is 0 Å². The molecule has 0 spiro atoms. The van der Waals surface area contributed by atoms with Gasteiger partial charge in [-0.1, -0.05) is 12.1 Å². The number of rotatable bonds is 7. The number of nitrogens with one attached hydrogen (secondary N) is 1. The van der Waals surface area contributed by atoms with Gasteiger partial charge >= 0.3 is 0 Å². The van der Waals surface area contributed by atoms with Crippen LogP contribution in [0.1, 0.15) is 25.8 Å². The van der Waals surface area contributed by atoms with Crippen LogP contribution < -0.4 is 5.32 Å². The number of halogens is 1. The van der Waals surface area contributed by atoms with Crippen LogP contribution in [0.15, 0.2) is 24.3 Å². The highest BCUT2D eigenvalue weighted by atomic mass is 19.1. The maximum absolute atomic E-state index is 12.7. The van der Waals surface area contributed by atoms with E-state index in [9.17, 15) is 9.18 Å². The van der Waals surface area contributed by atoms with Gasteiger partial charge in [-0.2, -0.15) is 0 Å². The topological polar surface area (TPSA) is 38.3 Å². The summed E-state index contributed by atoms with van der Waals surface area (Å²) in [6.07, 6.45) is 1.21. The fraction of sp³-hybridized carbons (Fsp3) is 0.500. The Morgan fingerprint density at radius 2 is 2.00 bits per heavy atom. The molecule has 1 rings (SSSR count). The van der Waals surface area contributed by atoms with E-state index in [0.717, 1.165) is 5.56 Å². The van der Waals surface area contributed by atoms with Crippen molar-refractivity contribution < 1.29 is 13.9 Å². The third-order valence-electron chi connectivity index (χ3n) is 2.43. The molecule has 0 atom stereocenters. The Kier molecular flexibility index (Phi) is 6.36. The van der Waals surface area contributed by atoms with Gasteiger partial charge in [-0.25, -0.2) is 4.39 Å². The average molecular weight is 253 g/mol. The zero-order valence-electron chi connectivity index (χ0n) is 10.9. The monoisotopic (exact) mass is 253 g/mol. The van der Waals surface area contributed by atoms with Crippen molar-refractivity contribution in [3.05, 3.63) is 35.6 Å². The highest BCUT2D eigenvalue weighted by Gasteiger charge is 2.02. The van der Waals surface area contributed by atoms with E-state index in [1.165, 1.54) is 12.1 Å². The molecule has 0 unspecified atom stereocenters. The van der Waals surface area contributed by atoms with Crippen LogP contribution in [0.25, 0.3) is 0 Å². The van der Waals surface area contributed by atoms with Crippen LogP contribution in [0.5, 0.6) is 0 Å². The number of hydrogen-bond acceptors (Lipinski definition) is 2. The summed E-state index contributed by atoms with van der Waals surface area (Å²) >= 11 is 0. The molecule has 100 valence electrons. The van der Waals surface area contributed by atoms with Crippen LogP contribution in [-0.2, 0) is 16.0 Å². The van der Waals surface area contributed by atoms with Crippen molar-refractivity contribution in [3.63, 3.8) is 0 Å². The summed E-state index contributed by atoms with van der Waals surface area (Å²) in [5, 5.41) is 2.78. The van der Waals surface area contributed by atoms with Crippen LogP contribution in [0.2, 0.25) is 0 Å². The van der Waals surface area contributed by atoms with Crippen molar-refractivity contribution in [2.24, 2.45) is 0 Å². The highest BCUT2D eigenvalue weighted by Crippen LogP contribution is 2.05. The molecule has 3 nitrogen and oxygen atoms in total. The minimum Gasteiger partial charge on any atom is -0.377 e. The summed E-state index contributed by atoms with van der Waals surface area (Å²) in [4.78, 5) is 11.5. The molecular weight excluding hydrogens is 233 g/mol. The summed E-state index contributed by atoms with van der Waals surface area (Å²) in [6.45, 7) is 4.97. The van der Waals surface area contributed by atoms with Crippen LogP contribution in [0.4, 0.5) is 4.39 Å². The smallest absolute Gasteiger partial charge is 0.220 e. The van der Waals surface area contributed by atoms with Gasteiger partial charge in [-0.05, 0) is 38.0 Å². The lowest BCUT2D eigenvalue weighted by molar-refractivity contribution is -0.121. The predicted molar refractivity (Wildman–Crippen MR) is 68.8 cm³/mol. The van der Waals surface area contributed by atoms with Crippen molar-refractivity contribution in [3.8, 4) is 0 Å². The summed E-state index contributed by atoms with van der Waals surface area (Å²) in [5.74, 6) is -0.263. The van der Waals surface area contributed by atoms with Crippen molar-refractivity contribution in [2.45, 2.75) is 32.8 Å². The second-order valence-electron chi connectivity index (χ2n) is 4.40. The summed E-state index contributed by atoms with van der Waals surface area (Å²) in [7, 11) is 0. The molecule has 0 aromatic heterocycles. The molecule has 4 heteroatoms. The fourth-order valence-electron chi connectivity index (χ4n) is 1.48. The SMILES string of the molecule is CC(C)OCCNC(=O)CCc1ccc(F)cc1. The largest absolute Gasteiger partial charge is 0.377 e. The van der Waals surface area contributed by atoms with Gasteiger partial charge in [-0.15, -0.1) is 0 Å². The van der Waals surface area contributed by atoms with E-state index in [2.05, 4.69) is 5.32 Å². The number of carbonyl (C=O) groups excluding carboxylic acids is 1. The molecular formula is C14H20FNO2. The zero-order valence-corrected chi connectivity index (χ0v) is 10.9. The molecule has 0 saturated carbocycles. The van der Waals surface area contributed by atoms with Crippen LogP contribution in [-0.4, -0.2) is 25.2 Å². The third-order valence-corrected chi connectivity index (χ3v) is 2.43. The Morgan fingerprint density at radius 3 is 2.61 bits per heavy atom. The van der Waals surface area contributed by atoms with Gasteiger partial charge in [0, 0.05) is 13.0 Å². The van der Waals surface area contributed by atoms with Gasteiger partial charge in [0.05, 0.1) is 12.7 Å². The Morgan fingerprint density at radius 1 is 1.33 bits per heavy atom. The van der Waals surface area contributed by atoms with Gasteiger partial charge in [0.2, 0.25) is 5.91 Å². The lowest BCUT2D eigenvalue weighted by Crippen LogP contribution is -2.28. The number of ether oxygens (including phenoxy) is 1. The zero-order chi connectivity index (χ0) is 13.4. The van der Waals surface area contributed by atoms with E-state index in [1.54, 1.807) is 12.1 Å². The Balaban J connectivity index is 2.15. The van der Waals surface area contributed by atoms with Gasteiger partial charge in [0.15, 0.2) is 0 Å². The fourth-order valence-corrected chi connectivity index (χ4v) is 1.48. The Bertz CT molecular complexity index is 363. The van der Waals surface area contributed by atoms with Gasteiger partial charge in [0.1, 0.15) is 5.82 Å². The number of aryl methyl sites for hydroxylation is 1. The minimum atomic E-state index is -0.256. The summed E-state index contributed by atoms with van der Waals surface area (Å²) in [6, 6.07) is 6.21. The molecule has 1 N–H and O–H groups in total. The molecule has 1 aromatic rings. The molecule has 0 aliphatic rings. The minimum absolute atomic E-state index is 0.00770. The molecule has 0 aliphatic carbocycles.